The monoisotopic (exact) mass is 568 g/mol. The summed E-state index contributed by atoms with van der Waals surface area (Å²) in [7, 11) is -3.96. The first-order valence-corrected chi connectivity index (χ1v) is 12.6. The van der Waals surface area contributed by atoms with E-state index in [-0.39, 0.29) is 39.5 Å². The third-order valence-corrected chi connectivity index (χ3v) is 7.10. The van der Waals surface area contributed by atoms with E-state index in [0.717, 1.165) is 30.5 Å². The largest absolute Gasteiger partial charge is 0.433 e. The highest BCUT2D eigenvalue weighted by atomic mass is 32.2. The molecule has 4 rings (SSSR count). The van der Waals surface area contributed by atoms with Crippen LogP contribution in [-0.4, -0.2) is 41.3 Å². The number of benzene rings is 2. The topological polar surface area (TPSA) is 96.6 Å². The maximum Gasteiger partial charge on any atom is 0.433 e. The van der Waals surface area contributed by atoms with Gasteiger partial charge in [0.2, 0.25) is 10.0 Å². The molecule has 14 heteroatoms. The second-order valence-corrected chi connectivity index (χ2v) is 9.98. The van der Waals surface area contributed by atoms with E-state index in [1.165, 1.54) is 18.2 Å². The number of aryl methyl sites for hydroxylation is 1. The number of hydrogen-bond acceptors (Lipinski definition) is 5. The molecule has 0 fully saturated rings. The fourth-order valence-electron chi connectivity index (χ4n) is 3.60. The molecule has 0 aliphatic heterocycles. The number of nitrogens with one attached hydrogen (secondary N) is 1. The smallest absolute Gasteiger partial charge is 0.395 e. The normalized spacial score (nSPS) is 12.4. The van der Waals surface area contributed by atoms with Crippen molar-refractivity contribution in [3.05, 3.63) is 82.7 Å². The van der Waals surface area contributed by atoms with E-state index in [1.54, 1.807) is 6.92 Å². The Morgan fingerprint density at radius 1 is 0.974 bits per heavy atom. The summed E-state index contributed by atoms with van der Waals surface area (Å²) in [6.07, 6.45) is -8.44. The molecule has 0 unspecified atom stereocenters. The third-order valence-electron chi connectivity index (χ3n) is 5.49. The average Bonchev–Trinajstić information content (AvgIpc) is 3.28. The Balaban J connectivity index is 1.80. The van der Waals surface area contributed by atoms with Gasteiger partial charge in [-0.05, 0) is 42.8 Å². The Morgan fingerprint density at radius 3 is 2.28 bits per heavy atom. The lowest BCUT2D eigenvalue weighted by molar-refractivity contribution is -0.142. The van der Waals surface area contributed by atoms with Crippen LogP contribution in [0.5, 0.6) is 0 Å². The first-order valence-electron chi connectivity index (χ1n) is 11.1. The Morgan fingerprint density at radius 2 is 1.67 bits per heavy atom. The van der Waals surface area contributed by atoms with Crippen LogP contribution in [0.15, 0.2) is 59.6 Å². The van der Waals surface area contributed by atoms with Gasteiger partial charge in [-0.2, -0.15) is 31.4 Å². The summed E-state index contributed by atoms with van der Waals surface area (Å²) in [5, 5.41) is 12.6. The van der Waals surface area contributed by atoms with Crippen molar-refractivity contribution in [2.24, 2.45) is 0 Å². The van der Waals surface area contributed by atoms with Crippen LogP contribution in [0, 0.1) is 18.8 Å². The molecular formula is C25H18F6N4O3S. The molecule has 2 N–H and O–H groups in total. The molecule has 39 heavy (non-hydrogen) atoms. The van der Waals surface area contributed by atoms with Gasteiger partial charge in [0, 0.05) is 17.7 Å². The Hall–Kier alpha value is -3.93. The molecule has 2 aromatic carbocycles. The van der Waals surface area contributed by atoms with Gasteiger partial charge in [0.05, 0.1) is 34.5 Å². The van der Waals surface area contributed by atoms with Crippen molar-refractivity contribution in [1.29, 1.82) is 0 Å². The Bertz CT molecular complexity index is 1700. The fourth-order valence-corrected chi connectivity index (χ4v) is 4.89. The van der Waals surface area contributed by atoms with Crippen molar-refractivity contribution < 1.29 is 39.9 Å². The summed E-state index contributed by atoms with van der Waals surface area (Å²) < 4.78 is 108. The number of halogens is 6. The summed E-state index contributed by atoms with van der Waals surface area (Å²) in [6.45, 7) is 0.948. The predicted molar refractivity (Wildman–Crippen MR) is 128 cm³/mol. The molecule has 0 radical (unpaired) electrons. The molecule has 0 aliphatic rings. The first-order chi connectivity index (χ1) is 18.2. The van der Waals surface area contributed by atoms with E-state index in [4.69, 9.17) is 5.11 Å². The number of aromatic nitrogens is 3. The highest BCUT2D eigenvalue weighted by Gasteiger charge is 2.36. The molecule has 2 aromatic heterocycles. The van der Waals surface area contributed by atoms with Gasteiger partial charge in [0.1, 0.15) is 0 Å². The van der Waals surface area contributed by atoms with Crippen molar-refractivity contribution in [2.75, 3.05) is 13.2 Å². The number of hydrogen-bond donors (Lipinski definition) is 2. The molecule has 0 amide bonds. The lowest BCUT2D eigenvalue weighted by atomic mass is 10.1. The SMILES string of the molecule is Cc1ccc(C#Cc2cnn3c(C(F)(F)F)cc(-c4ccc(C(F)(F)F)cc4)nc23)cc1S(=O)(=O)NCCO. The molecule has 2 heterocycles. The second-order valence-electron chi connectivity index (χ2n) is 8.24. The van der Waals surface area contributed by atoms with E-state index >= 15 is 0 Å². The van der Waals surface area contributed by atoms with Gasteiger partial charge in [0.25, 0.3) is 0 Å². The van der Waals surface area contributed by atoms with Crippen molar-refractivity contribution in [3.63, 3.8) is 0 Å². The van der Waals surface area contributed by atoms with Gasteiger partial charge in [0.15, 0.2) is 11.3 Å². The van der Waals surface area contributed by atoms with E-state index in [2.05, 4.69) is 26.6 Å². The van der Waals surface area contributed by atoms with Gasteiger partial charge in [-0.25, -0.2) is 22.6 Å². The van der Waals surface area contributed by atoms with Crippen molar-refractivity contribution in [1.82, 2.24) is 19.3 Å². The van der Waals surface area contributed by atoms with Gasteiger partial charge in [-0.1, -0.05) is 30.0 Å². The molecule has 7 nitrogen and oxygen atoms in total. The van der Waals surface area contributed by atoms with Crippen LogP contribution in [-0.2, 0) is 22.4 Å². The molecule has 0 spiro atoms. The third kappa shape index (κ3) is 6.06. The van der Waals surface area contributed by atoms with E-state index in [9.17, 15) is 34.8 Å². The molecule has 4 aromatic rings. The summed E-state index contributed by atoms with van der Waals surface area (Å²) in [5.41, 5.74) is -2.11. The van der Waals surface area contributed by atoms with Crippen LogP contribution >= 0.6 is 0 Å². The number of nitrogens with zero attached hydrogens (tertiary/aromatic N) is 3. The zero-order valence-electron chi connectivity index (χ0n) is 19.9. The second kappa shape index (κ2) is 10.3. The van der Waals surface area contributed by atoms with Crippen LogP contribution in [0.1, 0.15) is 27.9 Å². The van der Waals surface area contributed by atoms with Crippen molar-refractivity contribution in [3.8, 4) is 23.1 Å². The van der Waals surface area contributed by atoms with Crippen molar-refractivity contribution in [2.45, 2.75) is 24.2 Å². The number of aliphatic hydroxyl groups is 1. The van der Waals surface area contributed by atoms with E-state index < -0.39 is 40.2 Å². The summed E-state index contributed by atoms with van der Waals surface area (Å²) in [5.74, 6) is 5.33. The summed E-state index contributed by atoms with van der Waals surface area (Å²) >= 11 is 0. The lowest BCUT2D eigenvalue weighted by Crippen LogP contribution is -2.27. The minimum absolute atomic E-state index is 0.0138. The standard InChI is InChI=1S/C25H18F6N4O3S/c1-15-2-3-16(12-21(15)39(37,38)33-10-11-36)4-5-18-14-32-35-22(25(29,30)31)13-20(34-23(18)35)17-6-8-19(9-7-17)24(26,27)28/h2-3,6-9,12-14,33,36H,10-11H2,1H3. The zero-order chi connectivity index (χ0) is 28.6. The van der Waals surface area contributed by atoms with Crippen LogP contribution < -0.4 is 4.72 Å². The minimum Gasteiger partial charge on any atom is -0.395 e. The van der Waals surface area contributed by atoms with Crippen LogP contribution in [0.25, 0.3) is 16.9 Å². The molecule has 0 saturated heterocycles. The van der Waals surface area contributed by atoms with Gasteiger partial charge >= 0.3 is 12.4 Å². The Kier molecular flexibility index (Phi) is 7.44. The number of fused-ring (bicyclic) bond motifs is 1. The van der Waals surface area contributed by atoms with Crippen LogP contribution in [0.2, 0.25) is 0 Å². The molecular weight excluding hydrogens is 550 g/mol. The maximum atomic E-state index is 13.8. The van der Waals surface area contributed by atoms with Gasteiger partial charge in [-0.3, -0.25) is 0 Å². The van der Waals surface area contributed by atoms with Gasteiger partial charge in [-0.15, -0.1) is 0 Å². The summed E-state index contributed by atoms with van der Waals surface area (Å²) in [6, 6.07) is 8.48. The van der Waals surface area contributed by atoms with Crippen molar-refractivity contribution >= 4 is 15.7 Å². The number of aliphatic hydroxyl groups excluding tert-OH is 1. The molecule has 0 bridgehead atoms. The van der Waals surface area contributed by atoms with Gasteiger partial charge < -0.3 is 5.11 Å². The average molecular weight is 568 g/mol. The minimum atomic E-state index is -4.87. The predicted octanol–water partition coefficient (Wildman–Crippen LogP) is 4.41. The quantitative estimate of drug-likeness (QED) is 0.275. The van der Waals surface area contributed by atoms with Crippen LogP contribution in [0.4, 0.5) is 26.3 Å². The fraction of sp³-hybridized carbons (Fsp3) is 0.200. The summed E-state index contributed by atoms with van der Waals surface area (Å²) in [4.78, 5) is 4.08. The molecule has 204 valence electrons. The lowest BCUT2D eigenvalue weighted by Gasteiger charge is -2.12. The maximum absolute atomic E-state index is 13.8. The molecule has 0 aliphatic carbocycles. The first kappa shape index (κ1) is 28.1. The Labute approximate surface area is 218 Å². The van der Waals surface area contributed by atoms with E-state index in [1.807, 2.05) is 0 Å². The number of alkyl halides is 6. The number of rotatable bonds is 5. The highest BCUT2D eigenvalue weighted by Crippen LogP contribution is 2.34. The molecule has 0 saturated carbocycles. The zero-order valence-corrected chi connectivity index (χ0v) is 20.7. The molecule has 0 atom stereocenters. The van der Waals surface area contributed by atoms with Crippen LogP contribution in [0.3, 0.4) is 0 Å². The number of sulfonamides is 1. The highest BCUT2D eigenvalue weighted by molar-refractivity contribution is 7.89. The van der Waals surface area contributed by atoms with E-state index in [0.29, 0.717) is 16.1 Å².